The number of ether oxygens (including phenoxy) is 1. The summed E-state index contributed by atoms with van der Waals surface area (Å²) < 4.78 is 14.0. The predicted octanol–water partition coefficient (Wildman–Crippen LogP) is 2.63. The molecule has 2 heterocycles. The van der Waals surface area contributed by atoms with E-state index < -0.39 is 6.10 Å². The van der Waals surface area contributed by atoms with Crippen molar-refractivity contribution in [1.29, 1.82) is 0 Å². The molecule has 2 aromatic carbocycles. The van der Waals surface area contributed by atoms with Gasteiger partial charge in [-0.2, -0.15) is 8.75 Å². The van der Waals surface area contributed by atoms with Gasteiger partial charge in [0.05, 0.1) is 11.7 Å². The number of carbonyl (C=O) groups excluding carboxylic acids is 1. The van der Waals surface area contributed by atoms with Crippen LogP contribution in [0.25, 0.3) is 11.0 Å². The highest BCUT2D eigenvalue weighted by Crippen LogP contribution is 2.28. The number of aromatic nitrogens is 2. The lowest BCUT2D eigenvalue weighted by atomic mass is 10.1. The lowest BCUT2D eigenvalue weighted by Crippen LogP contribution is -2.31. The highest BCUT2D eigenvalue weighted by molar-refractivity contribution is 7.00. The first-order valence-corrected chi connectivity index (χ1v) is 7.30. The molecule has 4 rings (SSSR count). The largest absolute Gasteiger partial charge is 0.480 e. The number of carbonyl (C=O) groups is 1. The van der Waals surface area contributed by atoms with Crippen LogP contribution in [0.2, 0.25) is 0 Å². The third-order valence-corrected chi connectivity index (χ3v) is 4.02. The van der Waals surface area contributed by atoms with Gasteiger partial charge in [-0.05, 0) is 29.8 Å². The minimum absolute atomic E-state index is 0.145. The zero-order valence-electron chi connectivity index (χ0n) is 10.9. The Labute approximate surface area is 124 Å². The summed E-state index contributed by atoms with van der Waals surface area (Å²) in [6.07, 6.45) is 0.120. The van der Waals surface area contributed by atoms with Crippen LogP contribution < -0.4 is 10.1 Å². The molecule has 21 heavy (non-hydrogen) atoms. The van der Waals surface area contributed by atoms with E-state index in [1.807, 2.05) is 42.5 Å². The molecule has 1 aromatic heterocycles. The predicted molar refractivity (Wildman–Crippen MR) is 80.6 cm³/mol. The number of fused-ring (bicyclic) bond motifs is 2. The number of hydrogen-bond acceptors (Lipinski definition) is 5. The Kier molecular flexibility index (Phi) is 2.82. The molecule has 1 N–H and O–H groups in total. The monoisotopic (exact) mass is 297 g/mol. The molecule has 1 aliphatic rings. The normalized spacial score (nSPS) is 16.5. The van der Waals surface area contributed by atoms with E-state index in [0.717, 1.165) is 34.1 Å². The molecule has 1 atom stereocenters. The second kappa shape index (κ2) is 4.82. The smallest absolute Gasteiger partial charge is 0.265 e. The number of hydrogen-bond donors (Lipinski definition) is 1. The van der Waals surface area contributed by atoms with E-state index in [-0.39, 0.29) is 5.91 Å². The molecule has 0 saturated carbocycles. The van der Waals surface area contributed by atoms with E-state index in [1.165, 1.54) is 0 Å². The summed E-state index contributed by atoms with van der Waals surface area (Å²) in [6.45, 7) is 0. The first-order chi connectivity index (χ1) is 10.3. The highest BCUT2D eigenvalue weighted by atomic mass is 32.1. The molecule has 104 valence electrons. The molecule has 0 saturated heterocycles. The van der Waals surface area contributed by atoms with Crippen LogP contribution in [0.15, 0.2) is 42.5 Å². The van der Waals surface area contributed by atoms with Crippen molar-refractivity contribution in [1.82, 2.24) is 8.75 Å². The molecule has 0 spiro atoms. The number of rotatable bonds is 2. The van der Waals surface area contributed by atoms with Crippen LogP contribution in [0.1, 0.15) is 5.56 Å². The maximum absolute atomic E-state index is 12.3. The van der Waals surface area contributed by atoms with Gasteiger partial charge < -0.3 is 10.1 Å². The summed E-state index contributed by atoms with van der Waals surface area (Å²) in [7, 11) is 0. The number of benzene rings is 2. The molecule has 6 heteroatoms. The molecule has 5 nitrogen and oxygen atoms in total. The Morgan fingerprint density at radius 3 is 2.95 bits per heavy atom. The van der Waals surface area contributed by atoms with Crippen LogP contribution in [0, 0.1) is 0 Å². The van der Waals surface area contributed by atoms with Crippen molar-refractivity contribution in [3.63, 3.8) is 0 Å². The number of nitrogens with one attached hydrogen (secondary N) is 1. The summed E-state index contributed by atoms with van der Waals surface area (Å²) in [6, 6.07) is 13.2. The van der Waals surface area contributed by atoms with Gasteiger partial charge in [-0.1, -0.05) is 18.2 Å². The second-order valence-corrected chi connectivity index (χ2v) is 5.40. The molecular weight excluding hydrogens is 286 g/mol. The summed E-state index contributed by atoms with van der Waals surface area (Å²) in [5.74, 6) is 0.644. The summed E-state index contributed by atoms with van der Waals surface area (Å²) in [5, 5.41) is 2.87. The average molecular weight is 297 g/mol. The molecule has 0 radical (unpaired) electrons. The van der Waals surface area contributed by atoms with Crippen LogP contribution in [-0.4, -0.2) is 20.8 Å². The maximum atomic E-state index is 12.3. The minimum atomic E-state index is -0.480. The van der Waals surface area contributed by atoms with Crippen LogP contribution >= 0.6 is 11.7 Å². The number of anilines is 1. The van der Waals surface area contributed by atoms with E-state index in [2.05, 4.69) is 14.1 Å². The molecule has 0 fully saturated rings. The van der Waals surface area contributed by atoms with Crippen LogP contribution in [-0.2, 0) is 11.2 Å². The lowest BCUT2D eigenvalue weighted by Gasteiger charge is -2.11. The van der Waals surface area contributed by atoms with Crippen molar-refractivity contribution in [3.05, 3.63) is 48.0 Å². The van der Waals surface area contributed by atoms with Crippen molar-refractivity contribution >= 4 is 34.4 Å². The van der Waals surface area contributed by atoms with Crippen molar-refractivity contribution in [2.24, 2.45) is 0 Å². The van der Waals surface area contributed by atoms with Crippen LogP contribution in [0.5, 0.6) is 5.75 Å². The Morgan fingerprint density at radius 1 is 1.19 bits per heavy atom. The number of amides is 1. The summed E-state index contributed by atoms with van der Waals surface area (Å²) in [4.78, 5) is 12.3. The Hall–Kier alpha value is -2.47. The molecular formula is C15H11N3O2S. The molecule has 3 aromatic rings. The maximum Gasteiger partial charge on any atom is 0.265 e. The highest BCUT2D eigenvalue weighted by Gasteiger charge is 2.28. The van der Waals surface area contributed by atoms with Gasteiger partial charge >= 0.3 is 0 Å². The zero-order chi connectivity index (χ0) is 14.2. The van der Waals surface area contributed by atoms with E-state index in [4.69, 9.17) is 4.74 Å². The first-order valence-electron chi connectivity index (χ1n) is 6.57. The third kappa shape index (κ3) is 2.23. The van der Waals surface area contributed by atoms with Gasteiger partial charge in [0.25, 0.3) is 5.91 Å². The van der Waals surface area contributed by atoms with Crippen molar-refractivity contribution < 1.29 is 9.53 Å². The molecule has 0 bridgehead atoms. The standard InChI is InChI=1S/C15H11N3O2S/c19-15(14-7-9-3-1-2-4-13(9)20-14)16-10-5-6-11-12(8-10)18-21-17-11/h1-6,8,14H,7H2,(H,16,19)/t14-/m1/s1. The van der Waals surface area contributed by atoms with E-state index in [1.54, 1.807) is 0 Å². The molecule has 1 amide bonds. The molecule has 0 unspecified atom stereocenters. The topological polar surface area (TPSA) is 64.1 Å². The SMILES string of the molecule is O=C(Nc1ccc2nsnc2c1)[C@H]1Cc2ccccc2O1. The zero-order valence-corrected chi connectivity index (χ0v) is 11.8. The van der Waals surface area contributed by atoms with Gasteiger partial charge in [0.15, 0.2) is 6.10 Å². The van der Waals surface area contributed by atoms with E-state index in [0.29, 0.717) is 12.1 Å². The van der Waals surface area contributed by atoms with Gasteiger partial charge in [0.1, 0.15) is 16.8 Å². The van der Waals surface area contributed by atoms with Crippen molar-refractivity contribution in [2.75, 3.05) is 5.32 Å². The Balaban J connectivity index is 1.51. The number of nitrogens with zero attached hydrogens (tertiary/aromatic N) is 2. The molecule has 1 aliphatic heterocycles. The van der Waals surface area contributed by atoms with Crippen LogP contribution in [0.4, 0.5) is 5.69 Å². The second-order valence-electron chi connectivity index (χ2n) is 4.88. The quantitative estimate of drug-likeness (QED) is 0.790. The Morgan fingerprint density at radius 2 is 2.05 bits per heavy atom. The van der Waals surface area contributed by atoms with E-state index in [9.17, 15) is 4.79 Å². The van der Waals surface area contributed by atoms with Crippen LogP contribution in [0.3, 0.4) is 0 Å². The van der Waals surface area contributed by atoms with Gasteiger partial charge in [0.2, 0.25) is 0 Å². The van der Waals surface area contributed by atoms with Gasteiger partial charge in [-0.3, -0.25) is 4.79 Å². The van der Waals surface area contributed by atoms with E-state index >= 15 is 0 Å². The van der Waals surface area contributed by atoms with Gasteiger partial charge in [-0.25, -0.2) is 0 Å². The number of para-hydroxylation sites is 1. The van der Waals surface area contributed by atoms with Gasteiger partial charge in [-0.15, -0.1) is 0 Å². The fourth-order valence-electron chi connectivity index (χ4n) is 2.41. The minimum Gasteiger partial charge on any atom is -0.480 e. The average Bonchev–Trinajstić information content (AvgIpc) is 3.13. The van der Waals surface area contributed by atoms with Crippen molar-refractivity contribution in [3.8, 4) is 5.75 Å². The lowest BCUT2D eigenvalue weighted by molar-refractivity contribution is -0.122. The fourth-order valence-corrected chi connectivity index (χ4v) is 2.93. The first kappa shape index (κ1) is 12.3. The summed E-state index contributed by atoms with van der Waals surface area (Å²) >= 11 is 1.16. The van der Waals surface area contributed by atoms with Crippen molar-refractivity contribution in [2.45, 2.75) is 12.5 Å². The fraction of sp³-hybridized carbons (Fsp3) is 0.133. The third-order valence-electron chi connectivity index (χ3n) is 3.46. The van der Waals surface area contributed by atoms with Gasteiger partial charge in [0, 0.05) is 12.1 Å². The summed E-state index contributed by atoms with van der Waals surface area (Å²) in [5.41, 5.74) is 3.40. The molecule has 0 aliphatic carbocycles. The Bertz CT molecular complexity index is 805.